The Balaban J connectivity index is 0.848. The SMILES string of the molecule is CC1(C)C2=CC(c3cc(-c4ccc5c(c4)C(C)(C)c4ccccc4-5)cc4c(C5C=CC(n6c(-c7ccccc7)nc(-c7ccccc7)c6-c6ccccc6)=CC5)nc(-c5ccc(-n6c(-c7ccccc7)nc(-c7ccccc7)c6-c6ccccc6)cc5)nc34)=CCC2c2ccccc21. The fourth-order valence-electron chi connectivity index (χ4n) is 16.2. The van der Waals surface area contributed by atoms with Crippen LogP contribution in [0.2, 0.25) is 0 Å². The molecule has 0 N–H and O–H groups in total. The molecule has 468 valence electrons. The van der Waals surface area contributed by atoms with Gasteiger partial charge in [-0.2, -0.15) is 0 Å². The minimum Gasteiger partial charge on any atom is -0.292 e. The molecule has 0 saturated carbocycles. The van der Waals surface area contributed by atoms with Gasteiger partial charge in [0.05, 0.1) is 34.0 Å². The molecule has 3 heterocycles. The second-order valence-corrected chi connectivity index (χ2v) is 27.6. The minimum atomic E-state index is -0.183. The molecular weight excluding hydrogens is 1190 g/mol. The molecule has 0 saturated heterocycles. The standard InChI is InChI=1S/C92H70N6/c1-91(2)78-41-25-23-39-72(78)74-53-47-67(57-80(74)91)69-55-76(68-48-54-75-73-40-24-26-42-79(73)92(3,4)81(75)58-68)85-77(56-69)82(61-43-49-70(50-44-61)97-86(62-31-15-7-16-32-62)83(59-27-11-5-12-28-59)95-89(97)65-35-19-9-20-36-65)93-88(94-85)64-45-51-71(52-46-64)98-87(63-33-17-8-18-34-63)84(60-29-13-6-14-30-60)96-90(98)66-37-21-10-22-38-66/h5-43,45-53,55-58,61,75H,44,54H2,1-4H3. The van der Waals surface area contributed by atoms with Crippen LogP contribution in [0, 0.1) is 0 Å². The third kappa shape index (κ3) is 9.76. The highest BCUT2D eigenvalue weighted by molar-refractivity contribution is 6.01. The summed E-state index contributed by atoms with van der Waals surface area (Å²) < 4.78 is 4.70. The van der Waals surface area contributed by atoms with E-state index >= 15 is 0 Å². The number of hydrogen-bond donors (Lipinski definition) is 0. The van der Waals surface area contributed by atoms with Gasteiger partial charge in [0.1, 0.15) is 11.6 Å². The van der Waals surface area contributed by atoms with Gasteiger partial charge in [-0.3, -0.25) is 9.13 Å². The van der Waals surface area contributed by atoms with Gasteiger partial charge in [-0.25, -0.2) is 19.9 Å². The minimum absolute atomic E-state index is 0.133. The van der Waals surface area contributed by atoms with Crippen molar-refractivity contribution in [2.24, 2.45) is 0 Å². The smallest absolute Gasteiger partial charge is 0.160 e. The number of fused-ring (bicyclic) bond motifs is 7. The Morgan fingerprint density at radius 1 is 0.378 bits per heavy atom. The van der Waals surface area contributed by atoms with Gasteiger partial charge in [-0.05, 0) is 111 Å². The number of nitrogens with zero attached hydrogens (tertiary/aromatic N) is 6. The Morgan fingerprint density at radius 2 is 0.898 bits per heavy atom. The number of allylic oxidation sites excluding steroid dienone is 8. The second-order valence-electron chi connectivity index (χ2n) is 27.6. The van der Waals surface area contributed by atoms with Gasteiger partial charge in [0.15, 0.2) is 5.82 Å². The molecule has 0 amide bonds. The molecule has 11 aromatic carbocycles. The lowest BCUT2D eigenvalue weighted by molar-refractivity contribution is 0.613. The van der Waals surface area contributed by atoms with Crippen LogP contribution in [0.4, 0.5) is 0 Å². The zero-order valence-electron chi connectivity index (χ0n) is 55.3. The van der Waals surface area contributed by atoms with Crippen molar-refractivity contribution >= 4 is 22.2 Å². The maximum atomic E-state index is 5.91. The number of hydrogen-bond acceptors (Lipinski definition) is 4. The molecule has 0 radical (unpaired) electrons. The number of benzene rings is 11. The Kier molecular flexibility index (Phi) is 14.1. The van der Waals surface area contributed by atoms with Crippen molar-refractivity contribution in [3.8, 4) is 107 Å². The summed E-state index contributed by atoms with van der Waals surface area (Å²) in [6.07, 6.45) is 13.7. The molecule has 14 aromatic rings. The summed E-state index contributed by atoms with van der Waals surface area (Å²) in [4.78, 5) is 22.9. The lowest BCUT2D eigenvalue weighted by atomic mass is 9.76. The van der Waals surface area contributed by atoms with E-state index in [1.807, 2.05) is 0 Å². The third-order valence-corrected chi connectivity index (χ3v) is 21.1. The summed E-state index contributed by atoms with van der Waals surface area (Å²) in [5.41, 5.74) is 29.0. The highest BCUT2D eigenvalue weighted by Gasteiger charge is 2.43. The first-order chi connectivity index (χ1) is 48.1. The number of aromatic nitrogens is 6. The van der Waals surface area contributed by atoms with Crippen molar-refractivity contribution in [3.63, 3.8) is 0 Å². The van der Waals surface area contributed by atoms with Crippen LogP contribution < -0.4 is 0 Å². The molecule has 98 heavy (non-hydrogen) atoms. The molecule has 6 nitrogen and oxygen atoms in total. The van der Waals surface area contributed by atoms with Gasteiger partial charge < -0.3 is 0 Å². The van der Waals surface area contributed by atoms with Crippen LogP contribution >= 0.6 is 0 Å². The number of imidazole rings is 2. The molecule has 0 spiro atoms. The zero-order chi connectivity index (χ0) is 65.6. The summed E-state index contributed by atoms with van der Waals surface area (Å²) in [7, 11) is 0. The van der Waals surface area contributed by atoms with Crippen LogP contribution in [0.1, 0.15) is 85.9 Å². The lowest BCUT2D eigenvalue weighted by Crippen LogP contribution is -2.18. The lowest BCUT2D eigenvalue weighted by Gasteiger charge is -2.28. The average molecular weight is 1260 g/mol. The van der Waals surface area contributed by atoms with Crippen molar-refractivity contribution in [1.29, 1.82) is 0 Å². The largest absolute Gasteiger partial charge is 0.292 e. The molecular formula is C92H70N6. The third-order valence-electron chi connectivity index (χ3n) is 21.1. The zero-order valence-corrected chi connectivity index (χ0v) is 55.3. The van der Waals surface area contributed by atoms with Gasteiger partial charge in [0.2, 0.25) is 0 Å². The fourth-order valence-corrected chi connectivity index (χ4v) is 16.2. The molecule has 2 atom stereocenters. The molecule has 6 heteroatoms. The van der Waals surface area contributed by atoms with Gasteiger partial charge in [-0.1, -0.05) is 300 Å². The summed E-state index contributed by atoms with van der Waals surface area (Å²) in [5, 5.41) is 1.04. The van der Waals surface area contributed by atoms with E-state index in [9.17, 15) is 0 Å². The first kappa shape index (κ1) is 58.7. The summed E-state index contributed by atoms with van der Waals surface area (Å²) in [5.74, 6) is 2.59. The molecule has 4 aliphatic carbocycles. The van der Waals surface area contributed by atoms with E-state index in [0.29, 0.717) is 18.2 Å². The van der Waals surface area contributed by atoms with Gasteiger partial charge in [-0.15, -0.1) is 0 Å². The van der Waals surface area contributed by atoms with E-state index in [1.165, 1.54) is 50.1 Å². The van der Waals surface area contributed by atoms with Crippen LogP contribution in [0.15, 0.2) is 321 Å². The Bertz CT molecular complexity index is 5580. The monoisotopic (exact) mass is 1260 g/mol. The van der Waals surface area contributed by atoms with Crippen molar-refractivity contribution < 1.29 is 0 Å². The van der Waals surface area contributed by atoms with E-state index in [4.69, 9.17) is 19.9 Å². The molecule has 18 rings (SSSR count). The maximum Gasteiger partial charge on any atom is 0.160 e. The van der Waals surface area contributed by atoms with Crippen LogP contribution in [0.5, 0.6) is 0 Å². The molecule has 0 bridgehead atoms. The van der Waals surface area contributed by atoms with Gasteiger partial charge in [0, 0.05) is 83.9 Å². The van der Waals surface area contributed by atoms with Crippen molar-refractivity contribution in [1.82, 2.24) is 29.1 Å². The molecule has 0 fully saturated rings. The van der Waals surface area contributed by atoms with Crippen LogP contribution in [-0.2, 0) is 10.8 Å². The summed E-state index contributed by atoms with van der Waals surface area (Å²) in [6, 6.07) is 103. The summed E-state index contributed by atoms with van der Waals surface area (Å²) >= 11 is 0. The van der Waals surface area contributed by atoms with Gasteiger partial charge >= 0.3 is 0 Å². The Labute approximate surface area is 572 Å². The first-order valence-electron chi connectivity index (χ1n) is 34.3. The second kappa shape index (κ2) is 23.5. The predicted molar refractivity (Wildman–Crippen MR) is 404 cm³/mol. The predicted octanol–water partition coefficient (Wildman–Crippen LogP) is 23.0. The normalized spacial score (nSPS) is 16.2. The molecule has 2 unspecified atom stereocenters. The quantitative estimate of drug-likeness (QED) is 0.122. The van der Waals surface area contributed by atoms with Crippen LogP contribution in [0.25, 0.3) is 129 Å². The van der Waals surface area contributed by atoms with E-state index in [0.717, 1.165) is 119 Å². The highest BCUT2D eigenvalue weighted by atomic mass is 15.1. The van der Waals surface area contributed by atoms with E-state index in [2.05, 4.69) is 352 Å². The van der Waals surface area contributed by atoms with Crippen molar-refractivity contribution in [3.05, 3.63) is 355 Å². The molecule has 4 aliphatic rings. The van der Waals surface area contributed by atoms with Gasteiger partial charge in [0.25, 0.3) is 0 Å². The Hall–Kier alpha value is -11.9. The molecule has 3 aromatic heterocycles. The Morgan fingerprint density at radius 3 is 1.50 bits per heavy atom. The maximum absolute atomic E-state index is 5.91. The van der Waals surface area contributed by atoms with Crippen molar-refractivity contribution in [2.75, 3.05) is 0 Å². The van der Waals surface area contributed by atoms with Crippen molar-refractivity contribution in [2.45, 2.75) is 63.2 Å². The summed E-state index contributed by atoms with van der Waals surface area (Å²) in [6.45, 7) is 9.57. The van der Waals surface area contributed by atoms with E-state index in [1.54, 1.807) is 0 Å². The van der Waals surface area contributed by atoms with Crippen LogP contribution in [0.3, 0.4) is 0 Å². The first-order valence-corrected chi connectivity index (χ1v) is 34.3. The van der Waals surface area contributed by atoms with Crippen LogP contribution in [-0.4, -0.2) is 29.1 Å². The number of rotatable bonds is 12. The topological polar surface area (TPSA) is 61.4 Å². The van der Waals surface area contributed by atoms with E-state index in [-0.39, 0.29) is 16.7 Å². The average Bonchev–Trinajstić information content (AvgIpc) is 1.49. The van der Waals surface area contributed by atoms with E-state index < -0.39 is 0 Å². The fraction of sp³-hybridized carbons (Fsp3) is 0.109. The highest BCUT2D eigenvalue weighted by Crippen LogP contribution is 2.56. The molecule has 0 aliphatic heterocycles.